The number of nitrogens with one attached hydrogen (secondary N) is 1. The highest BCUT2D eigenvalue weighted by atomic mass is 33.1. The summed E-state index contributed by atoms with van der Waals surface area (Å²) in [5.41, 5.74) is 0.581. The number of rotatable bonds is 10. The minimum absolute atomic E-state index is 0.0821. The van der Waals surface area contributed by atoms with Gasteiger partial charge in [0.25, 0.3) is 11.8 Å². The number of nitrogens with zero attached hydrogens (tertiary/aromatic N) is 2. The molecule has 0 aliphatic carbocycles. The first-order valence-electron chi connectivity index (χ1n) is 10.4. The molecule has 2 atom stereocenters. The topological polar surface area (TPSA) is 118 Å². The predicted molar refractivity (Wildman–Crippen MR) is 135 cm³/mol. The van der Waals surface area contributed by atoms with Crippen molar-refractivity contribution in [1.29, 1.82) is 0 Å². The van der Waals surface area contributed by atoms with Crippen LogP contribution in [0.2, 0.25) is 0 Å². The molecule has 182 valence electrons. The number of ether oxygens (including phenoxy) is 2. The van der Waals surface area contributed by atoms with Gasteiger partial charge >= 0.3 is 5.97 Å². The summed E-state index contributed by atoms with van der Waals surface area (Å²) in [5, 5.41) is 11.7. The Morgan fingerprint density at radius 3 is 2.57 bits per heavy atom. The Kier molecular flexibility index (Phi) is 7.83. The highest BCUT2D eigenvalue weighted by molar-refractivity contribution is 8.77. The molecule has 0 bridgehead atoms. The number of amides is 2. The fourth-order valence-electron chi connectivity index (χ4n) is 3.31. The van der Waals surface area contributed by atoms with E-state index in [9.17, 15) is 19.5 Å². The number of hydrogen-bond acceptors (Lipinski definition) is 9. The van der Waals surface area contributed by atoms with Crippen LogP contribution in [0.3, 0.4) is 0 Å². The van der Waals surface area contributed by atoms with Crippen LogP contribution in [-0.4, -0.2) is 57.9 Å². The van der Waals surface area contributed by atoms with Gasteiger partial charge in [-0.2, -0.15) is 0 Å². The van der Waals surface area contributed by atoms with Crippen molar-refractivity contribution in [1.82, 2.24) is 15.2 Å². The lowest BCUT2D eigenvalue weighted by Gasteiger charge is -2.46. The van der Waals surface area contributed by atoms with E-state index in [2.05, 4.69) is 10.3 Å². The van der Waals surface area contributed by atoms with E-state index in [1.54, 1.807) is 24.3 Å². The number of carbonyl (C=O) groups excluding carboxylic acids is 2. The summed E-state index contributed by atoms with van der Waals surface area (Å²) >= 11 is 1.49. The standard InChI is InChI=1S/C23H21N3O6S3/c1-13(31-2)19(22(29)30)26-20(28)18(25-17(27)12-32-14-8-4-3-5-9-14)21(26)34-35-23-24-15-10-6-7-11-16(15)33-23/h3-11,18,21H,12H2,1-2H3,(H,25,27)(H,29,30)/b19-13+. The number of carbonyl (C=O) groups is 3. The Morgan fingerprint density at radius 1 is 1.17 bits per heavy atom. The summed E-state index contributed by atoms with van der Waals surface area (Å²) in [6, 6.07) is 15.6. The summed E-state index contributed by atoms with van der Waals surface area (Å²) in [5.74, 6) is -1.74. The third-order valence-corrected chi connectivity index (χ3v) is 9.06. The van der Waals surface area contributed by atoms with Gasteiger partial charge < -0.3 is 19.9 Å². The van der Waals surface area contributed by atoms with Crippen LogP contribution in [0.4, 0.5) is 0 Å². The van der Waals surface area contributed by atoms with Gasteiger partial charge in [0.05, 0.1) is 17.3 Å². The summed E-state index contributed by atoms with van der Waals surface area (Å²) in [4.78, 5) is 43.1. The van der Waals surface area contributed by atoms with Gasteiger partial charge in [0, 0.05) is 0 Å². The average Bonchev–Trinajstić information content (AvgIpc) is 3.28. The molecule has 2 heterocycles. The van der Waals surface area contributed by atoms with Gasteiger partial charge in [-0.05, 0) is 42.0 Å². The first-order chi connectivity index (χ1) is 16.9. The maximum atomic E-state index is 13.0. The maximum absolute atomic E-state index is 13.0. The van der Waals surface area contributed by atoms with Crippen LogP contribution in [0.1, 0.15) is 6.92 Å². The van der Waals surface area contributed by atoms with Crippen molar-refractivity contribution in [3.05, 3.63) is 66.1 Å². The third-order valence-electron chi connectivity index (χ3n) is 5.05. The lowest BCUT2D eigenvalue weighted by Crippen LogP contribution is -2.69. The smallest absolute Gasteiger partial charge is 0.356 e. The molecule has 1 saturated heterocycles. The van der Waals surface area contributed by atoms with E-state index in [4.69, 9.17) is 9.47 Å². The lowest BCUT2D eigenvalue weighted by atomic mass is 10.1. The Labute approximate surface area is 212 Å². The number of fused-ring (bicyclic) bond motifs is 1. The Morgan fingerprint density at radius 2 is 1.89 bits per heavy atom. The maximum Gasteiger partial charge on any atom is 0.356 e. The number of β-lactam (4-membered cyclic amide) rings is 1. The van der Waals surface area contributed by atoms with E-state index in [1.165, 1.54) is 47.0 Å². The quantitative estimate of drug-likeness (QED) is 0.175. The molecular weight excluding hydrogens is 510 g/mol. The molecule has 1 aromatic heterocycles. The minimum atomic E-state index is -1.30. The molecule has 2 aromatic carbocycles. The summed E-state index contributed by atoms with van der Waals surface area (Å²) in [7, 11) is 3.89. The fraction of sp³-hybridized carbons (Fsp3) is 0.217. The van der Waals surface area contributed by atoms with Crippen molar-refractivity contribution >= 4 is 60.9 Å². The largest absolute Gasteiger partial charge is 0.499 e. The van der Waals surface area contributed by atoms with E-state index >= 15 is 0 Å². The van der Waals surface area contributed by atoms with Crippen molar-refractivity contribution in [3.8, 4) is 5.75 Å². The van der Waals surface area contributed by atoms with Gasteiger partial charge in [-0.15, -0.1) is 11.3 Å². The molecule has 1 aliphatic rings. The normalized spacial score (nSPS) is 18.0. The van der Waals surface area contributed by atoms with Gasteiger partial charge in [0.2, 0.25) is 0 Å². The molecule has 3 aromatic rings. The van der Waals surface area contributed by atoms with Crippen LogP contribution in [0, 0.1) is 0 Å². The number of aliphatic carboxylic acids is 1. The number of likely N-dealkylation sites (tertiary alicyclic amines) is 1. The summed E-state index contributed by atoms with van der Waals surface area (Å²) < 4.78 is 12.3. The third kappa shape index (κ3) is 5.55. The van der Waals surface area contributed by atoms with E-state index in [0.29, 0.717) is 5.75 Å². The highest BCUT2D eigenvalue weighted by Crippen LogP contribution is 2.45. The Balaban J connectivity index is 1.50. The van der Waals surface area contributed by atoms with Crippen LogP contribution < -0.4 is 10.1 Å². The van der Waals surface area contributed by atoms with E-state index < -0.39 is 29.2 Å². The van der Waals surface area contributed by atoms with Gasteiger partial charge in [-0.1, -0.05) is 41.1 Å². The predicted octanol–water partition coefficient (Wildman–Crippen LogP) is 3.73. The molecule has 4 rings (SSSR count). The molecular formula is C23H21N3O6S3. The van der Waals surface area contributed by atoms with Crippen molar-refractivity contribution < 1.29 is 29.0 Å². The highest BCUT2D eigenvalue weighted by Gasteiger charge is 2.53. The molecule has 2 unspecified atom stereocenters. The molecule has 0 saturated carbocycles. The van der Waals surface area contributed by atoms with Crippen LogP contribution in [0.25, 0.3) is 10.2 Å². The minimum Gasteiger partial charge on any atom is -0.499 e. The number of carboxylic acids is 1. The van der Waals surface area contributed by atoms with Crippen molar-refractivity contribution in [2.45, 2.75) is 22.7 Å². The molecule has 2 amide bonds. The van der Waals surface area contributed by atoms with Crippen LogP contribution in [0.15, 0.2) is 70.4 Å². The van der Waals surface area contributed by atoms with E-state index in [0.717, 1.165) is 19.5 Å². The second-order valence-corrected chi connectivity index (χ2v) is 10.9. The lowest BCUT2D eigenvalue weighted by molar-refractivity contribution is -0.151. The number of allylic oxidation sites excluding steroid dienone is 1. The second-order valence-electron chi connectivity index (χ2n) is 7.29. The molecule has 2 N–H and O–H groups in total. The number of para-hydroxylation sites is 2. The summed E-state index contributed by atoms with van der Waals surface area (Å²) in [6.45, 7) is 1.19. The van der Waals surface area contributed by atoms with Crippen LogP contribution in [-0.2, 0) is 19.1 Å². The number of aromatic nitrogens is 1. The zero-order valence-corrected chi connectivity index (χ0v) is 21.1. The van der Waals surface area contributed by atoms with Gasteiger partial charge in [0.15, 0.2) is 16.6 Å². The van der Waals surface area contributed by atoms with Crippen molar-refractivity contribution in [2.24, 2.45) is 0 Å². The monoisotopic (exact) mass is 531 g/mol. The fourth-order valence-corrected chi connectivity index (χ4v) is 7.23. The first-order valence-corrected chi connectivity index (χ1v) is 13.4. The number of hydrogen-bond donors (Lipinski definition) is 2. The number of carboxylic acid groups (broad SMARTS) is 1. The van der Waals surface area contributed by atoms with Gasteiger partial charge in [0.1, 0.15) is 22.9 Å². The number of thiazole rings is 1. The summed E-state index contributed by atoms with van der Waals surface area (Å²) in [6.07, 6.45) is 0. The van der Waals surface area contributed by atoms with Crippen LogP contribution in [0.5, 0.6) is 5.75 Å². The van der Waals surface area contributed by atoms with E-state index in [1.807, 2.05) is 30.3 Å². The molecule has 9 nitrogen and oxygen atoms in total. The Bertz CT molecular complexity index is 1250. The average molecular weight is 532 g/mol. The second kappa shape index (κ2) is 11.0. The number of benzene rings is 2. The van der Waals surface area contributed by atoms with E-state index in [-0.39, 0.29) is 18.1 Å². The molecule has 0 spiro atoms. The van der Waals surface area contributed by atoms with Crippen molar-refractivity contribution in [3.63, 3.8) is 0 Å². The molecule has 12 heteroatoms. The zero-order chi connectivity index (χ0) is 24.9. The SMILES string of the molecule is CO/C(C)=C(\C(=O)O)N1C(=O)C(NC(=O)COc2ccccc2)C1SSc1nc2ccccc2s1. The molecule has 0 radical (unpaired) electrons. The molecule has 1 fully saturated rings. The molecule has 1 aliphatic heterocycles. The zero-order valence-electron chi connectivity index (χ0n) is 18.7. The number of methoxy groups -OCH3 is 1. The van der Waals surface area contributed by atoms with Gasteiger partial charge in [-0.3, -0.25) is 14.5 Å². The molecule has 35 heavy (non-hydrogen) atoms. The van der Waals surface area contributed by atoms with Crippen LogP contribution >= 0.6 is 32.9 Å². The van der Waals surface area contributed by atoms with Crippen molar-refractivity contribution in [2.75, 3.05) is 13.7 Å². The van der Waals surface area contributed by atoms with Gasteiger partial charge in [-0.25, -0.2) is 9.78 Å². The Hall–Kier alpha value is -3.22. The first kappa shape index (κ1) is 24.9.